The number of hydrogen-bond donors (Lipinski definition) is 2. The van der Waals surface area contributed by atoms with E-state index in [1.54, 1.807) is 11.9 Å². The molecular formula is C26H32F2N2O3S. The van der Waals surface area contributed by atoms with Crippen molar-refractivity contribution < 1.29 is 23.6 Å². The summed E-state index contributed by atoms with van der Waals surface area (Å²) in [6.07, 6.45) is 3.75. The van der Waals surface area contributed by atoms with E-state index in [2.05, 4.69) is 30.3 Å². The van der Waals surface area contributed by atoms with Crippen LogP contribution in [0.3, 0.4) is 0 Å². The first kappa shape index (κ1) is 26.3. The number of Topliss-reactive ketones (excluding diaryl/α,β-unsaturated/α-hetero) is 1. The van der Waals surface area contributed by atoms with Crippen LogP contribution in [-0.2, 0) is 16.1 Å². The topological polar surface area (TPSA) is 69.6 Å². The molecule has 4 rings (SSSR count). The molecule has 1 heterocycles. The van der Waals surface area contributed by atoms with Crippen LogP contribution in [0.1, 0.15) is 62.3 Å². The zero-order chi connectivity index (χ0) is 24.7. The van der Waals surface area contributed by atoms with Gasteiger partial charge in [-0.05, 0) is 62.3 Å². The number of nitrogens with one attached hydrogen (secondary N) is 1. The zero-order valence-electron chi connectivity index (χ0n) is 19.5. The summed E-state index contributed by atoms with van der Waals surface area (Å²) in [5.41, 5.74) is 3.17. The van der Waals surface area contributed by atoms with Gasteiger partial charge in [0.15, 0.2) is 0 Å². The first-order chi connectivity index (χ1) is 16.3. The van der Waals surface area contributed by atoms with Gasteiger partial charge >= 0.3 is 0 Å². The van der Waals surface area contributed by atoms with Crippen LogP contribution < -0.4 is 5.48 Å². The summed E-state index contributed by atoms with van der Waals surface area (Å²) in [6, 6.07) is 14.4. The van der Waals surface area contributed by atoms with Gasteiger partial charge in [0.25, 0.3) is 5.91 Å². The summed E-state index contributed by atoms with van der Waals surface area (Å²) >= 11 is 1.75. The molecule has 1 aliphatic heterocycles. The Morgan fingerprint density at radius 1 is 1.09 bits per heavy atom. The van der Waals surface area contributed by atoms with Crippen molar-refractivity contribution in [1.82, 2.24) is 9.79 Å². The van der Waals surface area contributed by atoms with Gasteiger partial charge in [-0.15, -0.1) is 0 Å². The van der Waals surface area contributed by atoms with Gasteiger partial charge in [0, 0.05) is 29.3 Å². The second kappa shape index (κ2) is 12.4. The number of carbonyl (C=O) groups is 2. The largest absolute Gasteiger partial charge is 0.299 e. The maximum absolute atomic E-state index is 13.9. The lowest BCUT2D eigenvalue weighted by Gasteiger charge is -2.37. The molecule has 0 bridgehead atoms. The van der Waals surface area contributed by atoms with Gasteiger partial charge < -0.3 is 0 Å². The minimum absolute atomic E-state index is 0.0531. The summed E-state index contributed by atoms with van der Waals surface area (Å²) in [6.45, 7) is 4.65. The maximum atomic E-state index is 13.9. The van der Waals surface area contributed by atoms with E-state index < -0.39 is 5.91 Å². The molecule has 8 heteroatoms. The van der Waals surface area contributed by atoms with Crippen molar-refractivity contribution in [2.75, 3.05) is 0 Å². The van der Waals surface area contributed by atoms with Crippen LogP contribution in [0.2, 0.25) is 0 Å². The molecule has 2 atom stereocenters. The Kier molecular flexibility index (Phi) is 9.62. The molecule has 2 N–H and O–H groups in total. The Labute approximate surface area is 204 Å². The third-order valence-corrected chi connectivity index (χ3v) is 7.92. The van der Waals surface area contributed by atoms with Crippen LogP contribution in [0, 0.1) is 23.5 Å². The lowest BCUT2D eigenvalue weighted by atomic mass is 9.73. The lowest BCUT2D eigenvalue weighted by Crippen LogP contribution is -2.32. The average molecular weight is 491 g/mol. The van der Waals surface area contributed by atoms with Crippen molar-refractivity contribution in [1.29, 1.82) is 0 Å². The summed E-state index contributed by atoms with van der Waals surface area (Å²) in [5, 5.41) is 8.54. The van der Waals surface area contributed by atoms with Gasteiger partial charge in [0.05, 0.1) is 6.42 Å². The molecule has 184 valence electrons. The molecule has 34 heavy (non-hydrogen) atoms. The quantitative estimate of drug-likeness (QED) is 0.231. The van der Waals surface area contributed by atoms with Gasteiger partial charge in [-0.2, -0.15) is 0 Å². The molecule has 1 saturated carbocycles. The Morgan fingerprint density at radius 2 is 1.79 bits per heavy atom. The molecule has 1 amide bonds. The van der Waals surface area contributed by atoms with E-state index in [4.69, 9.17) is 5.21 Å². The third-order valence-electron chi connectivity index (χ3n) is 6.39. The number of rotatable bonds is 6. The predicted molar refractivity (Wildman–Crippen MR) is 129 cm³/mol. The monoisotopic (exact) mass is 490 g/mol. The summed E-state index contributed by atoms with van der Waals surface area (Å²) < 4.78 is 29.4. The van der Waals surface area contributed by atoms with E-state index in [1.165, 1.54) is 29.2 Å². The highest BCUT2D eigenvalue weighted by molar-refractivity contribution is 7.97. The Balaban J connectivity index is 0.000000229. The van der Waals surface area contributed by atoms with Crippen LogP contribution in [-0.4, -0.2) is 27.2 Å². The van der Waals surface area contributed by atoms with E-state index in [9.17, 15) is 18.4 Å². The number of nitrogens with zero attached hydrogens (tertiary/aromatic N) is 1. The molecule has 2 aromatic rings. The first-order valence-corrected chi connectivity index (χ1v) is 12.5. The van der Waals surface area contributed by atoms with E-state index in [0.29, 0.717) is 29.3 Å². The molecule has 0 aromatic heterocycles. The minimum Gasteiger partial charge on any atom is -0.299 e. The highest BCUT2D eigenvalue weighted by Gasteiger charge is 2.32. The lowest BCUT2D eigenvalue weighted by molar-refractivity contribution is -0.137. The molecule has 0 spiro atoms. The number of hydroxylamine groups is 1. The van der Waals surface area contributed by atoms with E-state index in [0.717, 1.165) is 25.7 Å². The van der Waals surface area contributed by atoms with Gasteiger partial charge in [-0.3, -0.25) is 14.8 Å². The fraction of sp³-hybridized carbons (Fsp3) is 0.462. The second-order valence-electron chi connectivity index (χ2n) is 9.19. The Hall–Kier alpha value is -2.29. The van der Waals surface area contributed by atoms with Crippen molar-refractivity contribution in [2.24, 2.45) is 11.8 Å². The molecule has 2 aliphatic rings. The van der Waals surface area contributed by atoms with Crippen molar-refractivity contribution in [3.05, 3.63) is 71.3 Å². The van der Waals surface area contributed by atoms with Gasteiger partial charge in [0.1, 0.15) is 17.4 Å². The van der Waals surface area contributed by atoms with Crippen LogP contribution >= 0.6 is 11.9 Å². The number of amides is 1. The van der Waals surface area contributed by atoms with E-state index in [1.807, 2.05) is 18.2 Å². The van der Waals surface area contributed by atoms with Gasteiger partial charge in [-0.25, -0.2) is 18.6 Å². The second-order valence-corrected chi connectivity index (χ2v) is 10.4. The van der Waals surface area contributed by atoms with Crippen LogP contribution in [0.25, 0.3) is 0 Å². The van der Waals surface area contributed by atoms with Gasteiger partial charge in [-0.1, -0.05) is 49.2 Å². The fourth-order valence-electron chi connectivity index (χ4n) is 4.28. The number of ketones is 1. The molecule has 1 unspecified atom stereocenters. The maximum Gasteiger partial charge on any atom is 0.250 e. The van der Waals surface area contributed by atoms with Crippen molar-refractivity contribution in [2.45, 2.75) is 63.8 Å². The normalized spacial score (nSPS) is 24.4. The molecular weight excluding hydrogens is 458 g/mol. The number of halogens is 2. The highest BCUT2D eigenvalue weighted by Crippen LogP contribution is 2.43. The zero-order valence-corrected chi connectivity index (χ0v) is 20.4. The molecule has 2 fully saturated rings. The van der Waals surface area contributed by atoms with Crippen molar-refractivity contribution in [3.63, 3.8) is 0 Å². The highest BCUT2D eigenvalue weighted by atomic mass is 32.2. The van der Waals surface area contributed by atoms with E-state index >= 15 is 0 Å². The van der Waals surface area contributed by atoms with Crippen LogP contribution in [0.4, 0.5) is 8.78 Å². The minimum atomic E-state index is -0.612. The van der Waals surface area contributed by atoms with E-state index in [-0.39, 0.29) is 29.8 Å². The van der Waals surface area contributed by atoms with Gasteiger partial charge in [0.2, 0.25) is 0 Å². The smallest absolute Gasteiger partial charge is 0.250 e. The summed E-state index contributed by atoms with van der Waals surface area (Å²) in [7, 11) is 0. The summed E-state index contributed by atoms with van der Waals surface area (Å²) in [5.74, 6) is -0.727. The fourth-order valence-corrected chi connectivity index (χ4v) is 5.66. The predicted octanol–water partition coefficient (Wildman–Crippen LogP) is 5.84. The molecule has 5 nitrogen and oxygen atoms in total. The standard InChI is InChI=1S/C18H19F2NS.C8H13NO3/c1-13-7-10-18(14-5-3-2-4-6-14)22-21(13)12-15-11-16(19)8-9-17(15)20;1-5-2-6(3-5)7(10)4-8(11)9-12/h2-6,8-9,11,13,18H,7,10,12H2,1H3;5-6,12H,2-4H2,1H3,(H,9,11)/t13-,18?;/m0./s1. The van der Waals surface area contributed by atoms with Crippen molar-refractivity contribution in [3.8, 4) is 0 Å². The molecule has 1 saturated heterocycles. The SMILES string of the molecule is CC1CC(C(=O)CC(=O)NO)C1.C[C@H]1CCC(c2ccccc2)SN1Cc1cc(F)ccc1F. The molecule has 2 aromatic carbocycles. The van der Waals surface area contributed by atoms with Crippen LogP contribution in [0.5, 0.6) is 0 Å². The number of benzene rings is 2. The third kappa shape index (κ3) is 7.35. The summed E-state index contributed by atoms with van der Waals surface area (Å²) in [4.78, 5) is 21.7. The number of carbonyl (C=O) groups excluding carboxylic acids is 2. The Bertz CT molecular complexity index is 970. The van der Waals surface area contributed by atoms with Crippen molar-refractivity contribution >= 4 is 23.6 Å². The van der Waals surface area contributed by atoms with Crippen LogP contribution in [0.15, 0.2) is 48.5 Å². The average Bonchev–Trinajstić information content (AvgIpc) is 2.81. The first-order valence-electron chi connectivity index (χ1n) is 11.6. The molecule has 1 aliphatic carbocycles. The Morgan fingerprint density at radius 3 is 2.44 bits per heavy atom. The number of hydrogen-bond acceptors (Lipinski definition) is 5. The molecule has 0 radical (unpaired) electrons.